The Morgan fingerprint density at radius 3 is 2.42 bits per heavy atom. The largest absolute Gasteiger partial charge is 0.347 e. The van der Waals surface area contributed by atoms with Crippen molar-refractivity contribution >= 4 is 5.95 Å². The molecule has 2 aromatic rings. The summed E-state index contributed by atoms with van der Waals surface area (Å²) in [6.45, 7) is 4.61. The lowest BCUT2D eigenvalue weighted by Crippen LogP contribution is -2.15. The van der Waals surface area contributed by atoms with Gasteiger partial charge in [0.25, 0.3) is 0 Å². The molecule has 2 N–H and O–H groups in total. The smallest absolute Gasteiger partial charge is 0.225 e. The Morgan fingerprint density at radius 1 is 1.11 bits per heavy atom. The average Bonchev–Trinajstić information content (AvgIpc) is 2.38. The quantitative estimate of drug-likeness (QED) is 0.915. The minimum Gasteiger partial charge on any atom is -0.347 e. The van der Waals surface area contributed by atoms with Crippen molar-refractivity contribution in [2.24, 2.45) is 5.73 Å². The van der Waals surface area contributed by atoms with Gasteiger partial charge in [-0.1, -0.05) is 23.8 Å². The van der Waals surface area contributed by atoms with E-state index < -0.39 is 0 Å². The molecule has 0 spiro atoms. The highest BCUT2D eigenvalue weighted by atomic mass is 15.2. The normalized spacial score (nSPS) is 10.6. The average molecular weight is 256 g/mol. The highest BCUT2D eigenvalue weighted by Gasteiger charge is 2.09. The van der Waals surface area contributed by atoms with Crippen molar-refractivity contribution in [2.75, 3.05) is 19.0 Å². The molecule has 0 bridgehead atoms. The van der Waals surface area contributed by atoms with E-state index in [2.05, 4.69) is 42.0 Å². The van der Waals surface area contributed by atoms with Crippen LogP contribution in [0.25, 0.3) is 11.3 Å². The molecular weight excluding hydrogens is 236 g/mol. The molecule has 0 atom stereocenters. The number of hydrogen-bond acceptors (Lipinski definition) is 4. The number of benzene rings is 1. The van der Waals surface area contributed by atoms with E-state index in [0.29, 0.717) is 12.5 Å². The topological polar surface area (TPSA) is 55.0 Å². The molecule has 0 saturated carbocycles. The number of anilines is 1. The minimum absolute atomic E-state index is 0.418. The Labute approximate surface area is 114 Å². The molecular formula is C15H20N4. The van der Waals surface area contributed by atoms with Crippen LogP contribution in [0, 0.1) is 13.8 Å². The molecule has 0 saturated heterocycles. The molecule has 0 unspecified atom stereocenters. The van der Waals surface area contributed by atoms with E-state index in [4.69, 9.17) is 5.73 Å². The van der Waals surface area contributed by atoms with E-state index in [9.17, 15) is 0 Å². The highest BCUT2D eigenvalue weighted by molar-refractivity contribution is 5.65. The summed E-state index contributed by atoms with van der Waals surface area (Å²) in [5.41, 5.74) is 11.1. The summed E-state index contributed by atoms with van der Waals surface area (Å²) < 4.78 is 0. The number of aryl methyl sites for hydroxylation is 2. The first kappa shape index (κ1) is 13.5. The lowest BCUT2D eigenvalue weighted by Gasteiger charge is -2.14. The van der Waals surface area contributed by atoms with Gasteiger partial charge in [0.05, 0.1) is 11.4 Å². The van der Waals surface area contributed by atoms with Gasteiger partial charge in [-0.2, -0.15) is 0 Å². The van der Waals surface area contributed by atoms with Gasteiger partial charge < -0.3 is 10.6 Å². The summed E-state index contributed by atoms with van der Waals surface area (Å²) in [7, 11) is 3.86. The van der Waals surface area contributed by atoms with Gasteiger partial charge in [0.1, 0.15) is 0 Å². The van der Waals surface area contributed by atoms with Crippen LogP contribution in [0.15, 0.2) is 24.3 Å². The lowest BCUT2D eigenvalue weighted by molar-refractivity contribution is 0.924. The fourth-order valence-electron chi connectivity index (χ4n) is 2.03. The summed E-state index contributed by atoms with van der Waals surface area (Å²) in [4.78, 5) is 10.9. The predicted molar refractivity (Wildman–Crippen MR) is 79.2 cm³/mol. The standard InChI is InChI=1S/C15H20N4/c1-10-5-6-13(11(2)7-10)14-8-12(9-16)17-15(18-14)19(3)4/h5-8H,9,16H2,1-4H3. The predicted octanol–water partition coefficient (Wildman–Crippen LogP) is 2.29. The second kappa shape index (κ2) is 5.36. The molecule has 0 fully saturated rings. The van der Waals surface area contributed by atoms with E-state index in [1.54, 1.807) is 0 Å². The van der Waals surface area contributed by atoms with Crippen LogP contribution in [0.5, 0.6) is 0 Å². The van der Waals surface area contributed by atoms with E-state index in [1.807, 2.05) is 25.1 Å². The van der Waals surface area contributed by atoms with Gasteiger partial charge in [0, 0.05) is 26.2 Å². The molecule has 19 heavy (non-hydrogen) atoms. The number of nitrogens with two attached hydrogens (primary N) is 1. The summed E-state index contributed by atoms with van der Waals surface area (Å²) in [6.07, 6.45) is 0. The maximum absolute atomic E-state index is 5.72. The van der Waals surface area contributed by atoms with Crippen LogP contribution in [0.3, 0.4) is 0 Å². The summed E-state index contributed by atoms with van der Waals surface area (Å²) in [5.74, 6) is 0.693. The van der Waals surface area contributed by atoms with Crippen LogP contribution < -0.4 is 10.6 Å². The first-order valence-corrected chi connectivity index (χ1v) is 6.34. The Bertz CT molecular complexity index is 591. The molecule has 1 aromatic heterocycles. The van der Waals surface area contributed by atoms with Crippen molar-refractivity contribution in [3.05, 3.63) is 41.1 Å². The van der Waals surface area contributed by atoms with E-state index >= 15 is 0 Å². The second-order valence-electron chi connectivity index (χ2n) is 4.96. The van der Waals surface area contributed by atoms with Crippen LogP contribution in [0.4, 0.5) is 5.95 Å². The van der Waals surface area contributed by atoms with E-state index in [-0.39, 0.29) is 0 Å². The monoisotopic (exact) mass is 256 g/mol. The first-order chi connectivity index (χ1) is 9.01. The lowest BCUT2D eigenvalue weighted by atomic mass is 10.0. The maximum Gasteiger partial charge on any atom is 0.225 e. The van der Waals surface area contributed by atoms with Crippen molar-refractivity contribution < 1.29 is 0 Å². The van der Waals surface area contributed by atoms with Gasteiger partial charge in [0.15, 0.2) is 0 Å². The number of hydrogen-bond donors (Lipinski definition) is 1. The Kier molecular flexibility index (Phi) is 3.81. The third-order valence-corrected chi connectivity index (χ3v) is 3.03. The molecule has 2 rings (SSSR count). The second-order valence-corrected chi connectivity index (χ2v) is 4.96. The molecule has 100 valence electrons. The van der Waals surface area contributed by atoms with Gasteiger partial charge in [-0.05, 0) is 25.5 Å². The molecule has 1 heterocycles. The van der Waals surface area contributed by atoms with Gasteiger partial charge in [-0.15, -0.1) is 0 Å². The van der Waals surface area contributed by atoms with Crippen LogP contribution in [-0.2, 0) is 6.54 Å². The van der Waals surface area contributed by atoms with Crippen molar-refractivity contribution in [2.45, 2.75) is 20.4 Å². The Balaban J connectivity index is 2.57. The molecule has 0 radical (unpaired) electrons. The highest BCUT2D eigenvalue weighted by Crippen LogP contribution is 2.24. The van der Waals surface area contributed by atoms with E-state index in [0.717, 1.165) is 17.0 Å². The van der Waals surface area contributed by atoms with Crippen molar-refractivity contribution in [1.29, 1.82) is 0 Å². The summed E-state index contributed by atoms with van der Waals surface area (Å²) in [6, 6.07) is 8.33. The molecule has 0 aliphatic rings. The maximum atomic E-state index is 5.72. The first-order valence-electron chi connectivity index (χ1n) is 6.34. The third-order valence-electron chi connectivity index (χ3n) is 3.03. The fourth-order valence-corrected chi connectivity index (χ4v) is 2.03. The van der Waals surface area contributed by atoms with Gasteiger partial charge in [0.2, 0.25) is 5.95 Å². The fraction of sp³-hybridized carbons (Fsp3) is 0.333. The van der Waals surface area contributed by atoms with Crippen molar-refractivity contribution in [1.82, 2.24) is 9.97 Å². The number of rotatable bonds is 3. The Hall–Kier alpha value is -1.94. The molecule has 1 aromatic carbocycles. The summed E-state index contributed by atoms with van der Waals surface area (Å²) in [5, 5.41) is 0. The van der Waals surface area contributed by atoms with Gasteiger partial charge >= 0.3 is 0 Å². The zero-order chi connectivity index (χ0) is 14.0. The van der Waals surface area contributed by atoms with Crippen molar-refractivity contribution in [3.63, 3.8) is 0 Å². The van der Waals surface area contributed by atoms with Crippen molar-refractivity contribution in [3.8, 4) is 11.3 Å². The van der Waals surface area contributed by atoms with Crippen LogP contribution in [-0.4, -0.2) is 24.1 Å². The van der Waals surface area contributed by atoms with Crippen LogP contribution >= 0.6 is 0 Å². The minimum atomic E-state index is 0.418. The van der Waals surface area contributed by atoms with Crippen LogP contribution in [0.1, 0.15) is 16.8 Å². The SMILES string of the molecule is Cc1ccc(-c2cc(CN)nc(N(C)C)n2)c(C)c1. The molecule has 4 nitrogen and oxygen atoms in total. The number of nitrogens with zero attached hydrogens (tertiary/aromatic N) is 3. The molecule has 0 amide bonds. The molecule has 4 heteroatoms. The van der Waals surface area contributed by atoms with Gasteiger partial charge in [-0.25, -0.2) is 9.97 Å². The number of aromatic nitrogens is 2. The Morgan fingerprint density at radius 2 is 1.84 bits per heavy atom. The summed E-state index contributed by atoms with van der Waals surface area (Å²) >= 11 is 0. The third kappa shape index (κ3) is 2.90. The molecule has 0 aliphatic heterocycles. The zero-order valence-corrected chi connectivity index (χ0v) is 11.9. The van der Waals surface area contributed by atoms with Gasteiger partial charge in [-0.3, -0.25) is 0 Å². The zero-order valence-electron chi connectivity index (χ0n) is 11.9. The molecule has 0 aliphatic carbocycles. The van der Waals surface area contributed by atoms with Crippen LogP contribution in [0.2, 0.25) is 0 Å². The van der Waals surface area contributed by atoms with E-state index in [1.165, 1.54) is 11.1 Å².